The average Bonchev–Trinajstić information content (AvgIpc) is 2.24. The van der Waals surface area contributed by atoms with E-state index in [2.05, 4.69) is 22.6 Å². The van der Waals surface area contributed by atoms with Gasteiger partial charge in [-0.15, -0.1) is 0 Å². The molecule has 0 aliphatic carbocycles. The first-order valence-corrected chi connectivity index (χ1v) is 8.42. The van der Waals surface area contributed by atoms with Gasteiger partial charge in [0.15, 0.2) is 9.84 Å². The van der Waals surface area contributed by atoms with Crippen molar-refractivity contribution in [1.29, 1.82) is 0 Å². The molecule has 0 amide bonds. The van der Waals surface area contributed by atoms with Crippen LogP contribution in [0.2, 0.25) is 0 Å². The highest BCUT2D eigenvalue weighted by Gasteiger charge is 2.42. The third-order valence-electron chi connectivity index (χ3n) is 2.99. The lowest BCUT2D eigenvalue weighted by Crippen LogP contribution is -2.52. The summed E-state index contributed by atoms with van der Waals surface area (Å²) in [5.41, 5.74) is -0.320. The number of ether oxygens (including phenoxy) is 2. The smallest absolute Gasteiger partial charge is 0.150 e. The molecule has 0 aromatic rings. The Hall–Kier alpha value is 0.600. The van der Waals surface area contributed by atoms with Crippen LogP contribution in [0.15, 0.2) is 0 Å². The van der Waals surface area contributed by atoms with E-state index in [1.54, 1.807) is 0 Å². The molecule has 0 aromatic heterocycles. The number of rotatable bonds is 1. The van der Waals surface area contributed by atoms with Crippen LogP contribution in [0, 0.1) is 0 Å². The van der Waals surface area contributed by atoms with Gasteiger partial charge in [-0.1, -0.05) is 22.6 Å². The second kappa shape index (κ2) is 4.46. The van der Waals surface area contributed by atoms with Crippen molar-refractivity contribution in [2.75, 3.05) is 29.1 Å². The van der Waals surface area contributed by atoms with Crippen molar-refractivity contribution >= 4 is 32.4 Å². The molecule has 1 unspecified atom stereocenters. The topological polar surface area (TPSA) is 52.6 Å². The van der Waals surface area contributed by atoms with Crippen molar-refractivity contribution in [3.05, 3.63) is 0 Å². The van der Waals surface area contributed by atoms with Gasteiger partial charge in [0.05, 0.1) is 36.4 Å². The third kappa shape index (κ3) is 2.83. The summed E-state index contributed by atoms with van der Waals surface area (Å²) >= 11 is 2.27. The molecule has 0 aromatic carbocycles. The van der Waals surface area contributed by atoms with E-state index < -0.39 is 9.84 Å². The Kier molecular flexibility index (Phi) is 3.59. The van der Waals surface area contributed by atoms with Gasteiger partial charge in [0.1, 0.15) is 0 Å². The highest BCUT2D eigenvalue weighted by Crippen LogP contribution is 2.32. The Bertz CT molecular complexity index is 313. The number of hydrogen-bond donors (Lipinski definition) is 0. The van der Waals surface area contributed by atoms with Crippen LogP contribution < -0.4 is 0 Å². The lowest BCUT2D eigenvalue weighted by molar-refractivity contribution is -0.193. The first-order valence-electron chi connectivity index (χ1n) is 5.07. The zero-order chi connectivity index (χ0) is 10.9. The molecule has 0 N–H and O–H groups in total. The first-order chi connectivity index (χ1) is 7.05. The Balaban J connectivity index is 2.02. The number of alkyl halides is 1. The minimum absolute atomic E-state index is 0.125. The molecule has 0 radical (unpaired) electrons. The van der Waals surface area contributed by atoms with E-state index in [0.29, 0.717) is 26.1 Å². The van der Waals surface area contributed by atoms with E-state index in [1.165, 1.54) is 0 Å². The number of sulfone groups is 1. The molecule has 1 spiro atoms. The quantitative estimate of drug-likeness (QED) is 0.520. The molecule has 6 heteroatoms. The predicted molar refractivity (Wildman–Crippen MR) is 65.2 cm³/mol. The average molecular weight is 346 g/mol. The first kappa shape index (κ1) is 12.1. The number of hydrogen-bond acceptors (Lipinski definition) is 4. The van der Waals surface area contributed by atoms with Crippen molar-refractivity contribution in [2.24, 2.45) is 0 Å². The summed E-state index contributed by atoms with van der Waals surface area (Å²) in [7, 11) is -2.82. The molecule has 2 heterocycles. The summed E-state index contributed by atoms with van der Waals surface area (Å²) in [6.07, 6.45) is 1.30. The zero-order valence-corrected chi connectivity index (χ0v) is 11.4. The molecule has 2 fully saturated rings. The van der Waals surface area contributed by atoms with E-state index in [-0.39, 0.29) is 23.2 Å². The Morgan fingerprint density at radius 1 is 1.33 bits per heavy atom. The molecule has 0 bridgehead atoms. The Labute approximate surface area is 104 Å². The molecule has 88 valence electrons. The summed E-state index contributed by atoms with van der Waals surface area (Å²) in [5, 5.41) is 0. The van der Waals surface area contributed by atoms with Gasteiger partial charge in [-0.05, 0) is 12.8 Å². The van der Waals surface area contributed by atoms with Crippen molar-refractivity contribution in [3.8, 4) is 0 Å². The maximum Gasteiger partial charge on any atom is 0.150 e. The summed E-state index contributed by atoms with van der Waals surface area (Å²) < 4.78 is 35.0. The maximum absolute atomic E-state index is 11.3. The highest BCUT2D eigenvalue weighted by atomic mass is 127. The lowest BCUT2D eigenvalue weighted by Gasteiger charge is -2.42. The molecular formula is C9H15IO4S. The van der Waals surface area contributed by atoms with Crippen LogP contribution in [0.5, 0.6) is 0 Å². The largest absolute Gasteiger partial charge is 0.376 e. The molecule has 15 heavy (non-hydrogen) atoms. The predicted octanol–water partition coefficient (Wildman–Crippen LogP) is 0.784. The van der Waals surface area contributed by atoms with E-state index in [9.17, 15) is 8.42 Å². The third-order valence-corrected chi connectivity index (χ3v) is 5.63. The van der Waals surface area contributed by atoms with Gasteiger partial charge in [0.25, 0.3) is 0 Å². The minimum atomic E-state index is -2.82. The lowest BCUT2D eigenvalue weighted by atomic mass is 9.96. The van der Waals surface area contributed by atoms with Gasteiger partial charge in [-0.2, -0.15) is 0 Å². The van der Waals surface area contributed by atoms with Crippen molar-refractivity contribution in [3.63, 3.8) is 0 Å². The minimum Gasteiger partial charge on any atom is -0.376 e. The van der Waals surface area contributed by atoms with Crippen LogP contribution in [0.1, 0.15) is 12.8 Å². The van der Waals surface area contributed by atoms with Crippen LogP contribution in [-0.4, -0.2) is 49.3 Å². The van der Waals surface area contributed by atoms with Crippen molar-refractivity contribution in [1.82, 2.24) is 0 Å². The summed E-state index contributed by atoms with van der Waals surface area (Å²) in [5.74, 6) is 0.481. The fraction of sp³-hybridized carbons (Fsp3) is 1.00. The van der Waals surface area contributed by atoms with Gasteiger partial charge in [0, 0.05) is 4.43 Å². The van der Waals surface area contributed by atoms with Gasteiger partial charge in [-0.25, -0.2) is 8.42 Å². The summed E-state index contributed by atoms with van der Waals surface area (Å²) in [4.78, 5) is 0. The molecule has 2 aliphatic heterocycles. The van der Waals surface area contributed by atoms with Crippen molar-refractivity contribution < 1.29 is 17.9 Å². The standard InChI is InChI=1S/C9H15IO4S/c10-5-8-6-13-7-9(14-8)1-3-15(11,12)4-2-9/h8H,1-7H2. The molecule has 0 saturated carbocycles. The van der Waals surface area contributed by atoms with E-state index in [0.717, 1.165) is 4.43 Å². The van der Waals surface area contributed by atoms with Crippen LogP contribution in [0.4, 0.5) is 0 Å². The molecule has 2 saturated heterocycles. The maximum atomic E-state index is 11.3. The summed E-state index contributed by atoms with van der Waals surface area (Å²) in [6, 6.07) is 0. The molecular weight excluding hydrogens is 331 g/mol. The fourth-order valence-corrected chi connectivity index (χ4v) is 4.05. The summed E-state index contributed by atoms with van der Waals surface area (Å²) in [6.45, 7) is 1.19. The normalized spacial score (nSPS) is 34.1. The van der Waals surface area contributed by atoms with Gasteiger partial charge in [0.2, 0.25) is 0 Å². The monoisotopic (exact) mass is 346 g/mol. The van der Waals surface area contributed by atoms with Crippen LogP contribution in [0.25, 0.3) is 0 Å². The van der Waals surface area contributed by atoms with E-state index >= 15 is 0 Å². The SMILES string of the molecule is O=S1(=O)CCC2(CC1)COCC(CI)O2. The Morgan fingerprint density at radius 3 is 2.60 bits per heavy atom. The molecule has 2 rings (SSSR count). The van der Waals surface area contributed by atoms with E-state index in [1.807, 2.05) is 0 Å². The van der Waals surface area contributed by atoms with Gasteiger partial charge in [-0.3, -0.25) is 0 Å². The van der Waals surface area contributed by atoms with Crippen LogP contribution in [-0.2, 0) is 19.3 Å². The van der Waals surface area contributed by atoms with Gasteiger partial charge >= 0.3 is 0 Å². The van der Waals surface area contributed by atoms with Crippen molar-refractivity contribution in [2.45, 2.75) is 24.5 Å². The number of halogens is 1. The molecule has 4 nitrogen and oxygen atoms in total. The second-order valence-corrected chi connectivity index (χ2v) is 7.43. The van der Waals surface area contributed by atoms with Crippen LogP contribution >= 0.6 is 22.6 Å². The fourth-order valence-electron chi connectivity index (χ4n) is 2.05. The van der Waals surface area contributed by atoms with Gasteiger partial charge < -0.3 is 9.47 Å². The Morgan fingerprint density at radius 2 is 2.00 bits per heavy atom. The molecule has 1 atom stereocenters. The molecule has 2 aliphatic rings. The zero-order valence-electron chi connectivity index (χ0n) is 8.45. The second-order valence-electron chi connectivity index (χ2n) is 4.24. The van der Waals surface area contributed by atoms with E-state index in [4.69, 9.17) is 9.47 Å². The highest BCUT2D eigenvalue weighted by molar-refractivity contribution is 14.1. The van der Waals surface area contributed by atoms with Crippen LogP contribution in [0.3, 0.4) is 0 Å².